The maximum Gasteiger partial charge on any atom is 0.322 e. The lowest BCUT2D eigenvalue weighted by atomic mass is 9.92. The number of para-hydroxylation sites is 1. The summed E-state index contributed by atoms with van der Waals surface area (Å²) in [7, 11) is 1.59. The van der Waals surface area contributed by atoms with Gasteiger partial charge < -0.3 is 15.5 Å². The Hall–Kier alpha value is -3.61. The fourth-order valence-electron chi connectivity index (χ4n) is 3.15. The van der Waals surface area contributed by atoms with Crippen LogP contribution in [0, 0.1) is 13.8 Å². The molecular weight excluding hydrogens is 402 g/mol. The largest absolute Gasteiger partial charge is 0.322 e. The molecule has 7 heteroatoms. The van der Waals surface area contributed by atoms with Gasteiger partial charge in [0.25, 0.3) is 0 Å². The maximum absolute atomic E-state index is 12.8. The van der Waals surface area contributed by atoms with Crippen molar-refractivity contribution in [2.45, 2.75) is 40.0 Å². The van der Waals surface area contributed by atoms with Crippen LogP contribution in [0.4, 0.5) is 16.3 Å². The number of urea groups is 1. The van der Waals surface area contributed by atoms with E-state index >= 15 is 0 Å². The first-order valence-corrected chi connectivity index (χ1v) is 10.6. The molecule has 0 unspecified atom stereocenters. The van der Waals surface area contributed by atoms with Crippen molar-refractivity contribution in [3.05, 3.63) is 71.4 Å². The van der Waals surface area contributed by atoms with Gasteiger partial charge in [0, 0.05) is 24.2 Å². The van der Waals surface area contributed by atoms with Crippen molar-refractivity contribution in [1.82, 2.24) is 14.7 Å². The normalized spacial score (nSPS) is 11.2. The zero-order valence-corrected chi connectivity index (χ0v) is 19.6. The number of carbonyl (C=O) groups excluding carboxylic acids is 2. The molecule has 0 aliphatic rings. The Kier molecular flexibility index (Phi) is 6.67. The Morgan fingerprint density at radius 2 is 1.66 bits per heavy atom. The number of amides is 3. The highest BCUT2D eigenvalue weighted by atomic mass is 16.2. The lowest BCUT2D eigenvalue weighted by molar-refractivity contribution is -0.116. The number of aromatic nitrogens is 2. The predicted molar refractivity (Wildman–Crippen MR) is 128 cm³/mol. The number of likely N-dealkylation sites (N-methyl/N-ethyl adjacent to an activating group) is 1. The van der Waals surface area contributed by atoms with Gasteiger partial charge in [-0.1, -0.05) is 56.7 Å². The summed E-state index contributed by atoms with van der Waals surface area (Å²) in [5.74, 6) is 0.267. The molecule has 0 spiro atoms. The van der Waals surface area contributed by atoms with E-state index in [0.29, 0.717) is 11.5 Å². The summed E-state index contributed by atoms with van der Waals surface area (Å²) in [6.45, 7) is 10.1. The van der Waals surface area contributed by atoms with E-state index in [2.05, 4.69) is 31.4 Å². The number of nitrogens with one attached hydrogen (secondary N) is 2. The summed E-state index contributed by atoms with van der Waals surface area (Å²) in [6.07, 6.45) is 0. The highest BCUT2D eigenvalue weighted by Gasteiger charge is 2.22. The van der Waals surface area contributed by atoms with E-state index < -0.39 is 0 Å². The minimum absolute atomic E-state index is 0.0957. The zero-order chi connectivity index (χ0) is 23.5. The molecule has 0 bridgehead atoms. The third kappa shape index (κ3) is 5.55. The molecule has 0 fully saturated rings. The third-order valence-electron chi connectivity index (χ3n) is 5.12. The number of carbonyl (C=O) groups is 2. The van der Waals surface area contributed by atoms with Crippen LogP contribution >= 0.6 is 0 Å². The number of rotatable bonds is 5. The zero-order valence-electron chi connectivity index (χ0n) is 19.6. The Labute approximate surface area is 189 Å². The van der Waals surface area contributed by atoms with Gasteiger partial charge in [0.2, 0.25) is 5.91 Å². The number of nitrogens with zero attached hydrogens (tertiary/aromatic N) is 3. The van der Waals surface area contributed by atoms with Crippen LogP contribution in [0.5, 0.6) is 0 Å². The molecule has 2 aromatic carbocycles. The summed E-state index contributed by atoms with van der Waals surface area (Å²) in [4.78, 5) is 26.6. The summed E-state index contributed by atoms with van der Waals surface area (Å²) >= 11 is 0. The van der Waals surface area contributed by atoms with Crippen LogP contribution in [0.1, 0.15) is 37.6 Å². The first-order valence-electron chi connectivity index (χ1n) is 10.6. The molecule has 7 nitrogen and oxygen atoms in total. The maximum atomic E-state index is 12.8. The molecule has 0 saturated carbocycles. The molecule has 32 heavy (non-hydrogen) atoms. The van der Waals surface area contributed by atoms with E-state index in [1.165, 1.54) is 4.90 Å². The van der Waals surface area contributed by atoms with Gasteiger partial charge in [-0.25, -0.2) is 9.48 Å². The van der Waals surface area contributed by atoms with Crippen LogP contribution in [0.25, 0.3) is 5.69 Å². The van der Waals surface area contributed by atoms with Crippen LogP contribution in [0.15, 0.2) is 54.6 Å². The minimum atomic E-state index is -0.355. The highest BCUT2D eigenvalue weighted by Crippen LogP contribution is 2.27. The highest BCUT2D eigenvalue weighted by molar-refractivity contribution is 5.96. The smallest absolute Gasteiger partial charge is 0.318 e. The summed E-state index contributed by atoms with van der Waals surface area (Å²) in [6, 6.07) is 16.9. The average molecular weight is 434 g/mol. The SMILES string of the molecule is Cc1ccc(NC(=O)N(C)CC(=O)Nc2cc(C(C)(C)C)nn2-c2ccccc2C)cc1. The second-order valence-electron chi connectivity index (χ2n) is 9.06. The molecule has 0 aliphatic carbocycles. The van der Waals surface area contributed by atoms with Gasteiger partial charge in [-0.3, -0.25) is 4.79 Å². The van der Waals surface area contributed by atoms with Crippen LogP contribution in [0.3, 0.4) is 0 Å². The van der Waals surface area contributed by atoms with Gasteiger partial charge in [0.1, 0.15) is 12.4 Å². The molecule has 1 heterocycles. The molecule has 0 radical (unpaired) electrons. The van der Waals surface area contributed by atoms with Crippen molar-refractivity contribution in [2.24, 2.45) is 0 Å². The molecule has 0 atom stereocenters. The standard InChI is InChI=1S/C25H31N5O2/c1-17-11-13-19(14-12-17)26-24(32)29(6)16-23(31)27-22-15-21(25(3,4)5)28-30(22)20-10-8-7-9-18(20)2/h7-15H,16H2,1-6H3,(H,26,32)(H,27,31). The Morgan fingerprint density at radius 3 is 2.28 bits per heavy atom. The summed E-state index contributed by atoms with van der Waals surface area (Å²) < 4.78 is 1.75. The Morgan fingerprint density at radius 1 is 1.00 bits per heavy atom. The van der Waals surface area contributed by atoms with Gasteiger partial charge in [-0.2, -0.15) is 5.10 Å². The second-order valence-corrected chi connectivity index (χ2v) is 9.06. The van der Waals surface area contributed by atoms with E-state index in [1.807, 2.05) is 68.4 Å². The van der Waals surface area contributed by atoms with Crippen molar-refractivity contribution in [3.63, 3.8) is 0 Å². The van der Waals surface area contributed by atoms with E-state index in [0.717, 1.165) is 22.5 Å². The van der Waals surface area contributed by atoms with E-state index in [-0.39, 0.29) is 23.9 Å². The first kappa shape index (κ1) is 23.1. The third-order valence-corrected chi connectivity index (χ3v) is 5.12. The molecule has 3 aromatic rings. The van der Waals surface area contributed by atoms with Crippen molar-refractivity contribution >= 4 is 23.4 Å². The van der Waals surface area contributed by atoms with Gasteiger partial charge in [-0.05, 0) is 37.6 Å². The first-order chi connectivity index (χ1) is 15.0. The van der Waals surface area contributed by atoms with Crippen molar-refractivity contribution in [3.8, 4) is 5.69 Å². The van der Waals surface area contributed by atoms with Crippen LogP contribution in [-0.4, -0.2) is 40.2 Å². The molecule has 0 aliphatic heterocycles. The molecule has 2 N–H and O–H groups in total. The molecule has 0 saturated heterocycles. The predicted octanol–water partition coefficient (Wildman–Crippen LogP) is 4.89. The quantitative estimate of drug-likeness (QED) is 0.601. The van der Waals surface area contributed by atoms with E-state index in [9.17, 15) is 9.59 Å². The van der Waals surface area contributed by atoms with Gasteiger partial charge in [0.05, 0.1) is 11.4 Å². The molecule has 3 amide bonds. The van der Waals surface area contributed by atoms with Crippen LogP contribution < -0.4 is 10.6 Å². The number of hydrogen-bond donors (Lipinski definition) is 2. The fraction of sp³-hybridized carbons (Fsp3) is 0.320. The van der Waals surface area contributed by atoms with Crippen molar-refractivity contribution in [1.29, 1.82) is 0 Å². The molecule has 3 rings (SSSR count). The van der Waals surface area contributed by atoms with Gasteiger partial charge in [0.15, 0.2) is 0 Å². The average Bonchev–Trinajstić information content (AvgIpc) is 3.13. The molecule has 1 aromatic heterocycles. The number of hydrogen-bond acceptors (Lipinski definition) is 3. The Bertz CT molecular complexity index is 1110. The lowest BCUT2D eigenvalue weighted by Crippen LogP contribution is -2.37. The molecule has 168 valence electrons. The number of benzene rings is 2. The number of anilines is 2. The second kappa shape index (κ2) is 9.26. The van der Waals surface area contributed by atoms with E-state index in [1.54, 1.807) is 11.7 Å². The monoisotopic (exact) mass is 433 g/mol. The molecular formula is C25H31N5O2. The summed E-state index contributed by atoms with van der Waals surface area (Å²) in [5.41, 5.74) is 4.40. The van der Waals surface area contributed by atoms with Gasteiger partial charge >= 0.3 is 6.03 Å². The van der Waals surface area contributed by atoms with Crippen LogP contribution in [-0.2, 0) is 10.2 Å². The summed E-state index contributed by atoms with van der Waals surface area (Å²) in [5, 5.41) is 10.5. The Balaban J connectivity index is 1.75. The van der Waals surface area contributed by atoms with Crippen molar-refractivity contribution < 1.29 is 9.59 Å². The topological polar surface area (TPSA) is 79.3 Å². The van der Waals surface area contributed by atoms with E-state index in [4.69, 9.17) is 5.10 Å². The fourth-order valence-corrected chi connectivity index (χ4v) is 3.15. The van der Waals surface area contributed by atoms with Crippen LogP contribution in [0.2, 0.25) is 0 Å². The van der Waals surface area contributed by atoms with Gasteiger partial charge in [-0.15, -0.1) is 0 Å². The van der Waals surface area contributed by atoms with Crippen molar-refractivity contribution in [2.75, 3.05) is 24.2 Å². The minimum Gasteiger partial charge on any atom is -0.318 e. The number of aryl methyl sites for hydroxylation is 2. The lowest BCUT2D eigenvalue weighted by Gasteiger charge is -2.18.